The molecule has 0 saturated heterocycles. The highest BCUT2D eigenvalue weighted by atomic mass is 32.1. The van der Waals surface area contributed by atoms with Crippen LogP contribution in [0.4, 0.5) is 0 Å². The molecule has 0 aromatic heterocycles. The predicted molar refractivity (Wildman–Crippen MR) is 36.6 cm³/mol. The molecule has 0 aliphatic heterocycles. The molecule has 1 heteroatoms. The van der Waals surface area contributed by atoms with Crippen LogP contribution in [0.3, 0.4) is 0 Å². The maximum Gasteiger partial charge on any atom is -0.0173 e. The summed E-state index contributed by atoms with van der Waals surface area (Å²) in [5, 5.41) is 2.66. The van der Waals surface area contributed by atoms with Crippen molar-refractivity contribution >= 4 is 17.2 Å². The van der Waals surface area contributed by atoms with E-state index in [1.807, 2.05) is 6.92 Å². The normalized spacial score (nSPS) is 8.57. The molecule has 0 aromatic carbocycles. The molecule has 0 heterocycles. The first-order valence-electron chi connectivity index (χ1n) is 2.40. The van der Waals surface area contributed by atoms with Crippen LogP contribution in [0.2, 0.25) is 0 Å². The van der Waals surface area contributed by atoms with Crippen LogP contribution in [0.5, 0.6) is 0 Å². The summed E-state index contributed by atoms with van der Waals surface area (Å²) in [5.74, 6) is 0.567. The third-order valence-corrected chi connectivity index (χ3v) is 1.35. The molecule has 0 nitrogen and oxygen atoms in total. The summed E-state index contributed by atoms with van der Waals surface area (Å²) in [6.07, 6.45) is 0. The first-order chi connectivity index (χ1) is 3.18. The average Bonchev–Trinajstić information content (AvgIpc) is 1.65. The summed E-state index contributed by atoms with van der Waals surface area (Å²) < 4.78 is 0. The van der Waals surface area contributed by atoms with Crippen molar-refractivity contribution in [2.75, 3.05) is 0 Å². The molecule has 0 amide bonds. The van der Waals surface area contributed by atoms with E-state index in [9.17, 15) is 0 Å². The van der Waals surface area contributed by atoms with Gasteiger partial charge in [0.05, 0.1) is 0 Å². The van der Waals surface area contributed by atoms with E-state index in [4.69, 9.17) is 0 Å². The van der Waals surface area contributed by atoms with E-state index in [2.05, 4.69) is 31.1 Å². The van der Waals surface area contributed by atoms with Gasteiger partial charge in [0.2, 0.25) is 0 Å². The van der Waals surface area contributed by atoms with Gasteiger partial charge in [-0.2, -0.15) is 0 Å². The van der Waals surface area contributed by atoms with Crippen LogP contribution >= 0.6 is 12.2 Å². The van der Waals surface area contributed by atoms with Crippen molar-refractivity contribution in [3.8, 4) is 0 Å². The zero-order valence-electron chi connectivity index (χ0n) is 4.99. The molecule has 0 aromatic rings. The van der Waals surface area contributed by atoms with E-state index in [0.717, 1.165) is 5.57 Å². The monoisotopic (exact) mass is 114 g/mol. The Morgan fingerprint density at radius 3 is 2.00 bits per heavy atom. The van der Waals surface area contributed by atoms with Crippen molar-refractivity contribution in [2.24, 2.45) is 5.92 Å². The lowest BCUT2D eigenvalue weighted by Gasteiger charge is -1.96. The lowest BCUT2D eigenvalue weighted by Crippen LogP contribution is -1.86. The molecule has 0 aliphatic carbocycles. The van der Waals surface area contributed by atoms with Crippen molar-refractivity contribution < 1.29 is 0 Å². The fraction of sp³-hybridized carbons (Fsp3) is 0.667. The Labute approximate surface area is 50.2 Å². The maximum atomic E-state index is 4.56. The molecule has 0 atom stereocenters. The van der Waals surface area contributed by atoms with Gasteiger partial charge in [-0.15, -0.1) is 0 Å². The standard InChI is InChI=1S/C6H10S/c1-5(2)6(3)4-7/h5H,1-3H3. The summed E-state index contributed by atoms with van der Waals surface area (Å²) >= 11 is 4.56. The summed E-state index contributed by atoms with van der Waals surface area (Å²) in [4.78, 5) is 0. The van der Waals surface area contributed by atoms with Crippen LogP contribution in [0.15, 0.2) is 5.57 Å². The quantitative estimate of drug-likeness (QED) is 0.471. The highest BCUT2D eigenvalue weighted by molar-refractivity contribution is 7.78. The molecule has 0 N–H and O–H groups in total. The number of allylic oxidation sites excluding steroid dienone is 1. The van der Waals surface area contributed by atoms with Crippen LogP contribution in [0.1, 0.15) is 20.8 Å². The van der Waals surface area contributed by atoms with Gasteiger partial charge in [-0.1, -0.05) is 13.8 Å². The topological polar surface area (TPSA) is 0 Å². The number of thiocarbonyl (C=S) groups is 1. The molecule has 0 rings (SSSR count). The van der Waals surface area contributed by atoms with Gasteiger partial charge in [-0.05, 0) is 35.7 Å². The second kappa shape index (κ2) is 2.95. The SMILES string of the molecule is CC(=C=S)C(C)C. The number of hydrogen-bond acceptors (Lipinski definition) is 1. The summed E-state index contributed by atoms with van der Waals surface area (Å²) in [6, 6.07) is 0. The fourth-order valence-corrected chi connectivity index (χ4v) is 0.354. The van der Waals surface area contributed by atoms with Crippen molar-refractivity contribution in [1.82, 2.24) is 0 Å². The molecule has 0 radical (unpaired) electrons. The molecule has 0 spiro atoms. The first kappa shape index (κ1) is 6.87. The van der Waals surface area contributed by atoms with Crippen LogP contribution in [-0.2, 0) is 0 Å². The van der Waals surface area contributed by atoms with E-state index in [1.54, 1.807) is 0 Å². The summed E-state index contributed by atoms with van der Waals surface area (Å²) in [7, 11) is 0. The van der Waals surface area contributed by atoms with Crippen molar-refractivity contribution in [2.45, 2.75) is 20.8 Å². The second-order valence-corrected chi connectivity index (χ2v) is 2.14. The molecule has 0 saturated carbocycles. The second-order valence-electron chi connectivity index (χ2n) is 1.94. The molecule has 0 aliphatic rings. The van der Waals surface area contributed by atoms with Crippen molar-refractivity contribution in [3.05, 3.63) is 5.57 Å². The van der Waals surface area contributed by atoms with E-state index in [1.165, 1.54) is 0 Å². The Bertz CT molecular complexity index is 96.7. The van der Waals surface area contributed by atoms with Gasteiger partial charge in [0, 0.05) is 0 Å². The van der Waals surface area contributed by atoms with Crippen molar-refractivity contribution in [1.29, 1.82) is 0 Å². The van der Waals surface area contributed by atoms with Gasteiger partial charge in [0.15, 0.2) is 0 Å². The van der Waals surface area contributed by atoms with E-state index in [0.29, 0.717) is 5.92 Å². The van der Waals surface area contributed by atoms with Gasteiger partial charge in [0.1, 0.15) is 0 Å². The highest BCUT2D eigenvalue weighted by Crippen LogP contribution is 2.01. The van der Waals surface area contributed by atoms with Crippen LogP contribution < -0.4 is 0 Å². The minimum absolute atomic E-state index is 0.567. The minimum atomic E-state index is 0.567. The minimum Gasteiger partial charge on any atom is -0.0584 e. The van der Waals surface area contributed by atoms with Gasteiger partial charge in [0.25, 0.3) is 0 Å². The van der Waals surface area contributed by atoms with Gasteiger partial charge in [-0.25, -0.2) is 0 Å². The number of hydrogen-bond donors (Lipinski definition) is 0. The Kier molecular flexibility index (Phi) is 2.89. The zero-order valence-corrected chi connectivity index (χ0v) is 5.80. The summed E-state index contributed by atoms with van der Waals surface area (Å²) in [5.41, 5.74) is 1.16. The highest BCUT2D eigenvalue weighted by Gasteiger charge is 1.91. The Balaban J connectivity index is 3.81. The molecule has 0 bridgehead atoms. The van der Waals surface area contributed by atoms with E-state index < -0.39 is 0 Å². The number of rotatable bonds is 1. The van der Waals surface area contributed by atoms with E-state index in [-0.39, 0.29) is 0 Å². The largest absolute Gasteiger partial charge is 0.0584 e. The third kappa shape index (κ3) is 2.55. The van der Waals surface area contributed by atoms with Gasteiger partial charge in [-0.3, -0.25) is 0 Å². The Hall–Kier alpha value is -0.130. The molecular formula is C6H10S. The van der Waals surface area contributed by atoms with Crippen LogP contribution in [0, 0.1) is 5.92 Å². The lowest BCUT2D eigenvalue weighted by atomic mass is 10.1. The zero-order chi connectivity index (χ0) is 5.86. The van der Waals surface area contributed by atoms with Gasteiger partial charge >= 0.3 is 0 Å². The molecule has 40 valence electrons. The maximum absolute atomic E-state index is 4.56. The van der Waals surface area contributed by atoms with Crippen LogP contribution in [0.25, 0.3) is 0 Å². The predicted octanol–water partition coefficient (Wildman–Crippen LogP) is 2.19. The Morgan fingerprint density at radius 2 is 2.00 bits per heavy atom. The van der Waals surface area contributed by atoms with E-state index >= 15 is 0 Å². The van der Waals surface area contributed by atoms with Crippen molar-refractivity contribution in [3.63, 3.8) is 0 Å². The third-order valence-electron chi connectivity index (χ3n) is 1.03. The molecule has 0 unspecified atom stereocenters. The Morgan fingerprint density at radius 1 is 1.57 bits per heavy atom. The molecule has 7 heavy (non-hydrogen) atoms. The molecular weight excluding hydrogens is 104 g/mol. The molecule has 0 fully saturated rings. The fourth-order valence-electron chi connectivity index (χ4n) is 0.118. The smallest absolute Gasteiger partial charge is 0.0173 e. The van der Waals surface area contributed by atoms with Crippen LogP contribution in [-0.4, -0.2) is 5.02 Å². The summed E-state index contributed by atoms with van der Waals surface area (Å²) in [6.45, 7) is 6.21. The lowest BCUT2D eigenvalue weighted by molar-refractivity contribution is 0.781. The van der Waals surface area contributed by atoms with Gasteiger partial charge < -0.3 is 0 Å². The first-order valence-corrected chi connectivity index (χ1v) is 2.81. The average molecular weight is 114 g/mol.